The van der Waals surface area contributed by atoms with Crippen molar-refractivity contribution in [3.63, 3.8) is 0 Å². The first-order valence-electron chi connectivity index (χ1n) is 4.81. The lowest BCUT2D eigenvalue weighted by Gasteiger charge is -1.99. The van der Waals surface area contributed by atoms with E-state index in [0.717, 1.165) is 11.5 Å². The van der Waals surface area contributed by atoms with Gasteiger partial charge >= 0.3 is 0 Å². The third-order valence-corrected chi connectivity index (χ3v) is 2.37. The van der Waals surface area contributed by atoms with Crippen molar-refractivity contribution >= 4 is 0 Å². The standard InChI is InChI=1S/C13H14O/c1-9-5-4-6-12(7-9)13-8-10(2)14-11(13)3/h4-8H,1-3H3. The summed E-state index contributed by atoms with van der Waals surface area (Å²) < 4.78 is 5.51. The SMILES string of the molecule is Cc1cccc(-c2cc(C)oc2C)c1. The Balaban J connectivity index is 2.54. The van der Waals surface area contributed by atoms with E-state index < -0.39 is 0 Å². The molecule has 0 unspecified atom stereocenters. The van der Waals surface area contributed by atoms with Gasteiger partial charge in [-0.2, -0.15) is 0 Å². The van der Waals surface area contributed by atoms with Gasteiger partial charge in [0.15, 0.2) is 0 Å². The van der Waals surface area contributed by atoms with E-state index >= 15 is 0 Å². The number of hydrogen-bond donors (Lipinski definition) is 0. The van der Waals surface area contributed by atoms with Crippen LogP contribution in [0.5, 0.6) is 0 Å². The Hall–Kier alpha value is -1.50. The minimum Gasteiger partial charge on any atom is -0.466 e. The molecule has 0 N–H and O–H groups in total. The Morgan fingerprint density at radius 3 is 2.36 bits per heavy atom. The Morgan fingerprint density at radius 1 is 1.00 bits per heavy atom. The largest absolute Gasteiger partial charge is 0.466 e. The molecule has 0 aliphatic heterocycles. The molecule has 1 aromatic carbocycles. The third-order valence-electron chi connectivity index (χ3n) is 2.37. The van der Waals surface area contributed by atoms with Gasteiger partial charge in [0.2, 0.25) is 0 Å². The van der Waals surface area contributed by atoms with E-state index in [0.29, 0.717) is 0 Å². The molecule has 14 heavy (non-hydrogen) atoms. The van der Waals surface area contributed by atoms with Gasteiger partial charge in [0.05, 0.1) is 0 Å². The highest BCUT2D eigenvalue weighted by Crippen LogP contribution is 2.26. The van der Waals surface area contributed by atoms with Gasteiger partial charge < -0.3 is 4.42 Å². The molecule has 0 bridgehead atoms. The van der Waals surface area contributed by atoms with Crippen LogP contribution in [0.3, 0.4) is 0 Å². The number of furan rings is 1. The Morgan fingerprint density at radius 2 is 1.79 bits per heavy atom. The monoisotopic (exact) mass is 186 g/mol. The molecule has 2 rings (SSSR count). The molecule has 0 saturated carbocycles. The summed E-state index contributed by atoms with van der Waals surface area (Å²) in [7, 11) is 0. The average Bonchev–Trinajstić information content (AvgIpc) is 2.45. The van der Waals surface area contributed by atoms with Crippen LogP contribution < -0.4 is 0 Å². The van der Waals surface area contributed by atoms with E-state index in [9.17, 15) is 0 Å². The van der Waals surface area contributed by atoms with Crippen LogP contribution in [0.1, 0.15) is 17.1 Å². The molecule has 1 aromatic heterocycles. The first-order chi connectivity index (χ1) is 6.66. The van der Waals surface area contributed by atoms with Crippen LogP contribution in [-0.4, -0.2) is 0 Å². The second-order valence-corrected chi connectivity index (χ2v) is 3.70. The predicted octanol–water partition coefficient (Wildman–Crippen LogP) is 3.87. The molecule has 0 radical (unpaired) electrons. The molecular formula is C13H14O. The summed E-state index contributed by atoms with van der Waals surface area (Å²) in [6.07, 6.45) is 0. The third kappa shape index (κ3) is 1.58. The lowest BCUT2D eigenvalue weighted by molar-refractivity contribution is 0.505. The van der Waals surface area contributed by atoms with Crippen LogP contribution in [0.2, 0.25) is 0 Å². The number of benzene rings is 1. The highest BCUT2D eigenvalue weighted by molar-refractivity contribution is 5.66. The van der Waals surface area contributed by atoms with Crippen LogP contribution >= 0.6 is 0 Å². The van der Waals surface area contributed by atoms with E-state index in [1.807, 2.05) is 13.8 Å². The maximum Gasteiger partial charge on any atom is 0.108 e. The number of hydrogen-bond acceptors (Lipinski definition) is 1. The molecule has 72 valence electrons. The Labute approximate surface area is 84.4 Å². The predicted molar refractivity (Wildman–Crippen MR) is 58.4 cm³/mol. The van der Waals surface area contributed by atoms with Crippen molar-refractivity contribution < 1.29 is 4.42 Å². The average molecular weight is 186 g/mol. The summed E-state index contributed by atoms with van der Waals surface area (Å²) in [5, 5.41) is 0. The molecule has 0 spiro atoms. The van der Waals surface area contributed by atoms with Crippen LogP contribution in [0, 0.1) is 20.8 Å². The summed E-state index contributed by atoms with van der Waals surface area (Å²) >= 11 is 0. The van der Waals surface area contributed by atoms with Crippen molar-refractivity contribution in [2.75, 3.05) is 0 Å². The maximum atomic E-state index is 5.51. The maximum absolute atomic E-state index is 5.51. The molecule has 0 fully saturated rings. The van der Waals surface area contributed by atoms with Gasteiger partial charge in [0, 0.05) is 5.56 Å². The molecule has 1 heteroatoms. The van der Waals surface area contributed by atoms with Gasteiger partial charge in [0.1, 0.15) is 11.5 Å². The fourth-order valence-electron chi connectivity index (χ4n) is 1.73. The lowest BCUT2D eigenvalue weighted by atomic mass is 10.0. The first-order valence-corrected chi connectivity index (χ1v) is 4.81. The van der Waals surface area contributed by atoms with E-state index in [1.165, 1.54) is 16.7 Å². The lowest BCUT2D eigenvalue weighted by Crippen LogP contribution is -1.78. The highest BCUT2D eigenvalue weighted by atomic mass is 16.3. The Bertz CT molecular complexity index is 452. The summed E-state index contributed by atoms with van der Waals surface area (Å²) in [6, 6.07) is 10.6. The Kier molecular flexibility index (Phi) is 2.16. The molecule has 2 aromatic rings. The molecule has 1 heterocycles. The first kappa shape index (κ1) is 9.07. The minimum absolute atomic E-state index is 0.971. The van der Waals surface area contributed by atoms with E-state index in [2.05, 4.69) is 37.3 Å². The van der Waals surface area contributed by atoms with Crippen molar-refractivity contribution in [2.24, 2.45) is 0 Å². The quantitative estimate of drug-likeness (QED) is 0.658. The zero-order valence-electron chi connectivity index (χ0n) is 8.79. The number of rotatable bonds is 1. The molecule has 0 aliphatic carbocycles. The summed E-state index contributed by atoms with van der Waals surface area (Å²) in [5.41, 5.74) is 3.71. The molecular weight excluding hydrogens is 172 g/mol. The zero-order chi connectivity index (χ0) is 10.1. The van der Waals surface area contributed by atoms with Gasteiger partial charge in [-0.15, -0.1) is 0 Å². The topological polar surface area (TPSA) is 13.1 Å². The molecule has 1 nitrogen and oxygen atoms in total. The fourth-order valence-corrected chi connectivity index (χ4v) is 1.73. The summed E-state index contributed by atoms with van der Waals surface area (Å²) in [6.45, 7) is 6.09. The molecule has 0 aliphatic rings. The fraction of sp³-hybridized carbons (Fsp3) is 0.231. The van der Waals surface area contributed by atoms with Crippen LogP contribution in [0.25, 0.3) is 11.1 Å². The summed E-state index contributed by atoms with van der Waals surface area (Å²) in [5.74, 6) is 1.96. The van der Waals surface area contributed by atoms with Crippen molar-refractivity contribution in [2.45, 2.75) is 20.8 Å². The van der Waals surface area contributed by atoms with Crippen LogP contribution in [0.4, 0.5) is 0 Å². The van der Waals surface area contributed by atoms with Crippen molar-refractivity contribution in [3.8, 4) is 11.1 Å². The number of aryl methyl sites for hydroxylation is 3. The molecule has 0 atom stereocenters. The molecule has 0 amide bonds. The van der Waals surface area contributed by atoms with E-state index in [1.54, 1.807) is 0 Å². The van der Waals surface area contributed by atoms with Gasteiger partial charge in [0.25, 0.3) is 0 Å². The van der Waals surface area contributed by atoms with Gasteiger partial charge in [-0.1, -0.05) is 29.8 Å². The van der Waals surface area contributed by atoms with Gasteiger partial charge in [-0.25, -0.2) is 0 Å². The van der Waals surface area contributed by atoms with E-state index in [-0.39, 0.29) is 0 Å². The molecule has 0 saturated heterocycles. The highest BCUT2D eigenvalue weighted by Gasteiger charge is 2.06. The smallest absolute Gasteiger partial charge is 0.108 e. The van der Waals surface area contributed by atoms with Crippen molar-refractivity contribution in [3.05, 3.63) is 47.4 Å². The second kappa shape index (κ2) is 3.33. The van der Waals surface area contributed by atoms with Crippen molar-refractivity contribution in [1.82, 2.24) is 0 Å². The summed E-state index contributed by atoms with van der Waals surface area (Å²) in [4.78, 5) is 0. The zero-order valence-corrected chi connectivity index (χ0v) is 8.79. The van der Waals surface area contributed by atoms with E-state index in [4.69, 9.17) is 4.42 Å². The van der Waals surface area contributed by atoms with Crippen LogP contribution in [0.15, 0.2) is 34.7 Å². The van der Waals surface area contributed by atoms with Gasteiger partial charge in [-0.05, 0) is 32.4 Å². The normalized spacial score (nSPS) is 10.5. The van der Waals surface area contributed by atoms with Gasteiger partial charge in [-0.3, -0.25) is 0 Å². The second-order valence-electron chi connectivity index (χ2n) is 3.70. The minimum atomic E-state index is 0.971. The van der Waals surface area contributed by atoms with Crippen LogP contribution in [-0.2, 0) is 0 Å². The van der Waals surface area contributed by atoms with Crippen molar-refractivity contribution in [1.29, 1.82) is 0 Å².